The Balaban J connectivity index is 1.21. The van der Waals surface area contributed by atoms with Gasteiger partial charge in [-0.2, -0.15) is 9.97 Å². The van der Waals surface area contributed by atoms with E-state index < -0.39 is 23.1 Å². The summed E-state index contributed by atoms with van der Waals surface area (Å²) in [6.07, 6.45) is 14.5. The molecule has 13 heteroatoms. The molecule has 2 unspecified atom stereocenters. The van der Waals surface area contributed by atoms with E-state index in [1.165, 1.54) is 18.3 Å². The Kier molecular flexibility index (Phi) is 9.38. The second kappa shape index (κ2) is 13.9. The number of likely N-dealkylation sites (tertiary alicyclic amines) is 1. The molecule has 5 heterocycles. The molecule has 53 heavy (non-hydrogen) atoms. The Morgan fingerprint density at radius 2 is 1.85 bits per heavy atom. The van der Waals surface area contributed by atoms with Gasteiger partial charge in [-0.3, -0.25) is 9.88 Å². The molecule has 8 rings (SSSR count). The number of aliphatic hydroxyl groups is 1. The highest BCUT2D eigenvalue weighted by Gasteiger charge is 2.50. The third-order valence-corrected chi connectivity index (χ3v) is 11.7. The highest BCUT2D eigenvalue weighted by molar-refractivity contribution is 6.00. The van der Waals surface area contributed by atoms with E-state index in [-0.39, 0.29) is 94.4 Å². The number of aromatic hydroxyl groups is 1. The lowest BCUT2D eigenvalue weighted by Gasteiger charge is -2.51. The Labute approximate surface area is 306 Å². The molecule has 2 aromatic heterocycles. The third kappa shape index (κ3) is 6.54. The van der Waals surface area contributed by atoms with Crippen molar-refractivity contribution < 1.29 is 37.6 Å². The van der Waals surface area contributed by atoms with Crippen LogP contribution in [0.4, 0.5) is 19.0 Å². The molecule has 4 fully saturated rings. The van der Waals surface area contributed by atoms with Crippen LogP contribution < -0.4 is 9.64 Å². The number of benzene rings is 2. The smallest absolute Gasteiger partial charge is 0.319 e. The lowest BCUT2D eigenvalue weighted by molar-refractivity contribution is -0.0967. The standard InChI is InChI=1S/C40H44F3N5O5/c1-4-40(50)20-47(13-14-51-22-40)37-29-19-44-35(28-18-27(49)17-25-8-9-30(41)33(42)32(25)28)34(43)36(29)45-38(46-37)52-21-39-10-5-7-31(39)48(12-6-11-39)26-15-23(2)53-24(3)16-26/h1,8-9,17-19,23-24,26,31,49-50H,5-7,10-16,20-22H2,2-3H3/t23-,24+,26?,31-,39?,40+/m1/s1. The second-order valence-corrected chi connectivity index (χ2v) is 15.4. The number of β-amino-alcohol motifs (C(OH)–C–C–N with tert-alkyl or cyclic N) is 1. The summed E-state index contributed by atoms with van der Waals surface area (Å²) in [4.78, 5) is 18.1. The van der Waals surface area contributed by atoms with E-state index in [1.54, 1.807) is 4.90 Å². The predicted molar refractivity (Wildman–Crippen MR) is 193 cm³/mol. The number of phenols is 1. The quantitative estimate of drug-likeness (QED) is 0.225. The summed E-state index contributed by atoms with van der Waals surface area (Å²) in [7, 11) is 0. The Morgan fingerprint density at radius 1 is 1.06 bits per heavy atom. The van der Waals surface area contributed by atoms with Crippen molar-refractivity contribution in [2.45, 2.75) is 88.7 Å². The van der Waals surface area contributed by atoms with Crippen molar-refractivity contribution in [1.29, 1.82) is 0 Å². The maximum Gasteiger partial charge on any atom is 0.319 e. The highest BCUT2D eigenvalue weighted by Crippen LogP contribution is 2.50. The average Bonchev–Trinajstić information content (AvgIpc) is 3.47. The van der Waals surface area contributed by atoms with E-state index in [2.05, 4.69) is 34.6 Å². The maximum atomic E-state index is 17.0. The zero-order valence-corrected chi connectivity index (χ0v) is 30.0. The monoisotopic (exact) mass is 731 g/mol. The van der Waals surface area contributed by atoms with Crippen LogP contribution >= 0.6 is 0 Å². The van der Waals surface area contributed by atoms with E-state index in [9.17, 15) is 14.6 Å². The number of ether oxygens (including phenoxy) is 3. The number of nitrogens with zero attached hydrogens (tertiary/aromatic N) is 5. The van der Waals surface area contributed by atoms with Crippen LogP contribution in [-0.2, 0) is 9.47 Å². The number of hydrogen-bond acceptors (Lipinski definition) is 10. The van der Waals surface area contributed by atoms with Crippen molar-refractivity contribution in [2.24, 2.45) is 5.41 Å². The molecule has 2 N–H and O–H groups in total. The molecule has 1 aliphatic carbocycles. The molecule has 0 radical (unpaired) electrons. The number of pyridine rings is 1. The predicted octanol–water partition coefficient (Wildman–Crippen LogP) is 6.14. The first-order chi connectivity index (χ1) is 25.5. The minimum Gasteiger partial charge on any atom is -0.508 e. The van der Waals surface area contributed by atoms with E-state index in [1.807, 2.05) is 0 Å². The fraction of sp³-hybridized carbons (Fsp3) is 0.525. The largest absolute Gasteiger partial charge is 0.508 e. The van der Waals surface area contributed by atoms with Crippen LogP contribution in [0.5, 0.6) is 11.8 Å². The van der Waals surface area contributed by atoms with Crippen molar-refractivity contribution in [1.82, 2.24) is 19.9 Å². The van der Waals surface area contributed by atoms with Gasteiger partial charge >= 0.3 is 6.01 Å². The van der Waals surface area contributed by atoms with Crippen LogP contribution in [0, 0.1) is 35.2 Å². The number of piperidine rings is 1. The average molecular weight is 732 g/mol. The number of aromatic nitrogens is 3. The zero-order valence-electron chi connectivity index (χ0n) is 30.0. The SMILES string of the molecule is C#C[C@@]1(O)COCCN(c2nc(OCC34CCC[C@H]3N(C3C[C@@H](C)O[C@@H](C)C3)CCC4)nc3c(F)c(-c4cc(O)cc5ccc(F)c(F)c45)ncc23)C1. The topological polar surface area (TPSA) is 113 Å². The van der Waals surface area contributed by atoms with Crippen molar-refractivity contribution in [3.63, 3.8) is 0 Å². The van der Waals surface area contributed by atoms with Gasteiger partial charge in [-0.15, -0.1) is 6.42 Å². The summed E-state index contributed by atoms with van der Waals surface area (Å²) in [5.74, 6) is -0.889. The maximum absolute atomic E-state index is 17.0. The molecular weight excluding hydrogens is 687 g/mol. The summed E-state index contributed by atoms with van der Waals surface area (Å²) in [6.45, 7) is 5.96. The van der Waals surface area contributed by atoms with Crippen LogP contribution in [0.25, 0.3) is 32.9 Å². The number of rotatable bonds is 6. The van der Waals surface area contributed by atoms with Crippen molar-refractivity contribution in [3.8, 4) is 35.4 Å². The molecule has 0 bridgehead atoms. The second-order valence-electron chi connectivity index (χ2n) is 15.4. The van der Waals surface area contributed by atoms with Crippen LogP contribution in [-0.4, -0.2) is 99.4 Å². The van der Waals surface area contributed by atoms with Gasteiger partial charge in [0.25, 0.3) is 0 Å². The van der Waals surface area contributed by atoms with Crippen LogP contribution in [0.15, 0.2) is 30.5 Å². The van der Waals surface area contributed by atoms with Gasteiger partial charge in [-0.1, -0.05) is 18.4 Å². The molecule has 0 amide bonds. The van der Waals surface area contributed by atoms with Gasteiger partial charge in [0.2, 0.25) is 0 Å². The summed E-state index contributed by atoms with van der Waals surface area (Å²) < 4.78 is 64.9. The van der Waals surface area contributed by atoms with Gasteiger partial charge in [0.1, 0.15) is 22.8 Å². The fourth-order valence-electron chi connectivity index (χ4n) is 9.43. The van der Waals surface area contributed by atoms with E-state index >= 15 is 8.78 Å². The van der Waals surface area contributed by atoms with Gasteiger partial charge in [0.05, 0.1) is 44.0 Å². The van der Waals surface area contributed by atoms with Crippen molar-refractivity contribution in [3.05, 3.63) is 47.9 Å². The summed E-state index contributed by atoms with van der Waals surface area (Å²) in [5.41, 5.74) is -2.45. The van der Waals surface area contributed by atoms with Crippen LogP contribution in [0.1, 0.15) is 58.8 Å². The molecule has 4 aliphatic rings. The summed E-state index contributed by atoms with van der Waals surface area (Å²) in [6, 6.07) is 5.34. The van der Waals surface area contributed by atoms with E-state index in [0.717, 1.165) is 63.6 Å². The fourth-order valence-corrected chi connectivity index (χ4v) is 9.43. The van der Waals surface area contributed by atoms with E-state index in [4.69, 9.17) is 25.6 Å². The molecule has 4 aromatic rings. The molecule has 3 aliphatic heterocycles. The minimum atomic E-state index is -1.65. The Bertz CT molecular complexity index is 2090. The number of terminal acetylenes is 1. The number of fused-ring (bicyclic) bond motifs is 3. The Hall–Kier alpha value is -4.22. The molecule has 2 aromatic carbocycles. The number of hydrogen-bond donors (Lipinski definition) is 2. The van der Waals surface area contributed by atoms with Gasteiger partial charge in [-0.25, -0.2) is 13.2 Å². The molecule has 10 nitrogen and oxygen atoms in total. The first-order valence-corrected chi connectivity index (χ1v) is 18.5. The first kappa shape index (κ1) is 35.8. The number of anilines is 1. The molecular formula is C40H44F3N5O5. The number of phenolic OH excluding ortho intramolecular Hbond substituents is 1. The van der Waals surface area contributed by atoms with E-state index in [0.29, 0.717) is 18.7 Å². The lowest BCUT2D eigenvalue weighted by Crippen LogP contribution is -2.57. The minimum absolute atomic E-state index is 0.0664. The number of halogens is 3. The van der Waals surface area contributed by atoms with Crippen molar-refractivity contribution >= 4 is 27.5 Å². The Morgan fingerprint density at radius 3 is 2.64 bits per heavy atom. The molecule has 3 saturated heterocycles. The third-order valence-electron chi connectivity index (χ3n) is 11.7. The normalized spacial score (nSPS) is 29.6. The molecule has 1 saturated carbocycles. The molecule has 280 valence electrons. The molecule has 0 spiro atoms. The zero-order chi connectivity index (χ0) is 37.1. The van der Waals surface area contributed by atoms with Crippen LogP contribution in [0.2, 0.25) is 0 Å². The summed E-state index contributed by atoms with van der Waals surface area (Å²) >= 11 is 0. The van der Waals surface area contributed by atoms with Crippen molar-refractivity contribution in [2.75, 3.05) is 44.4 Å². The highest BCUT2D eigenvalue weighted by atomic mass is 19.2. The van der Waals surface area contributed by atoms with Gasteiger partial charge in [0.15, 0.2) is 23.1 Å². The first-order valence-electron chi connectivity index (χ1n) is 18.5. The van der Waals surface area contributed by atoms with Gasteiger partial charge in [-0.05, 0) is 82.5 Å². The molecule has 6 atom stereocenters. The van der Waals surface area contributed by atoms with Gasteiger partial charge in [0, 0.05) is 41.2 Å². The van der Waals surface area contributed by atoms with Crippen LogP contribution in [0.3, 0.4) is 0 Å². The summed E-state index contributed by atoms with van der Waals surface area (Å²) in [5, 5.41) is 21.8. The lowest BCUT2D eigenvalue weighted by atomic mass is 9.74. The van der Waals surface area contributed by atoms with Gasteiger partial charge < -0.3 is 29.3 Å².